The van der Waals surface area contributed by atoms with E-state index in [9.17, 15) is 18.0 Å². The van der Waals surface area contributed by atoms with E-state index in [1.165, 1.54) is 24.3 Å². The first-order chi connectivity index (χ1) is 8.37. The molecule has 1 heterocycles. The van der Waals surface area contributed by atoms with E-state index in [1.54, 1.807) is 6.07 Å². The summed E-state index contributed by atoms with van der Waals surface area (Å²) in [5, 5.41) is 8.82. The number of carbonyl (C=O) groups is 1. The van der Waals surface area contributed by atoms with E-state index < -0.39 is 24.2 Å². The lowest BCUT2D eigenvalue weighted by atomic mass is 9.79. The molecule has 1 N–H and O–H groups in total. The van der Waals surface area contributed by atoms with E-state index in [4.69, 9.17) is 5.11 Å². The van der Waals surface area contributed by atoms with Crippen molar-refractivity contribution in [2.75, 3.05) is 13.1 Å². The van der Waals surface area contributed by atoms with Gasteiger partial charge in [0.15, 0.2) is 0 Å². The maximum atomic E-state index is 13.3. The van der Waals surface area contributed by atoms with Gasteiger partial charge in [0.2, 0.25) is 0 Å². The van der Waals surface area contributed by atoms with Crippen LogP contribution in [0.1, 0.15) is 12.0 Å². The van der Waals surface area contributed by atoms with Gasteiger partial charge in [0.1, 0.15) is 5.41 Å². The number of benzene rings is 1. The minimum Gasteiger partial charge on any atom is -0.465 e. The average molecular weight is 259 g/mol. The molecule has 0 bridgehead atoms. The van der Waals surface area contributed by atoms with Crippen molar-refractivity contribution in [2.45, 2.75) is 18.0 Å². The van der Waals surface area contributed by atoms with Crippen molar-refractivity contribution in [1.29, 1.82) is 0 Å². The molecule has 2 rings (SSSR count). The van der Waals surface area contributed by atoms with Gasteiger partial charge in [-0.25, -0.2) is 4.79 Å². The lowest BCUT2D eigenvalue weighted by Gasteiger charge is -2.31. The molecule has 6 heteroatoms. The van der Waals surface area contributed by atoms with Crippen LogP contribution in [0.15, 0.2) is 30.3 Å². The van der Waals surface area contributed by atoms with Crippen LogP contribution in [-0.2, 0) is 5.41 Å². The Morgan fingerprint density at radius 3 is 2.33 bits per heavy atom. The molecule has 0 aromatic heterocycles. The van der Waals surface area contributed by atoms with Gasteiger partial charge in [0.05, 0.1) is 0 Å². The number of rotatable bonds is 1. The fraction of sp³-hybridized carbons (Fsp3) is 0.417. The number of hydrogen-bond acceptors (Lipinski definition) is 1. The van der Waals surface area contributed by atoms with Gasteiger partial charge in [-0.05, 0) is 12.0 Å². The molecule has 1 fully saturated rings. The summed E-state index contributed by atoms with van der Waals surface area (Å²) in [4.78, 5) is 11.6. The largest absolute Gasteiger partial charge is 0.465 e. The topological polar surface area (TPSA) is 40.5 Å². The Bertz CT molecular complexity index is 446. The van der Waals surface area contributed by atoms with Crippen LogP contribution in [0.25, 0.3) is 0 Å². The third kappa shape index (κ3) is 1.91. The molecule has 3 nitrogen and oxygen atoms in total. The first-order valence-corrected chi connectivity index (χ1v) is 5.47. The number of halogens is 3. The van der Waals surface area contributed by atoms with E-state index >= 15 is 0 Å². The van der Waals surface area contributed by atoms with E-state index in [0.717, 1.165) is 4.90 Å². The Balaban J connectivity index is 2.42. The molecule has 0 aliphatic carbocycles. The van der Waals surface area contributed by atoms with Crippen LogP contribution < -0.4 is 0 Å². The van der Waals surface area contributed by atoms with Crippen molar-refractivity contribution < 1.29 is 23.1 Å². The summed E-state index contributed by atoms with van der Waals surface area (Å²) in [5.74, 6) is 0. The highest BCUT2D eigenvalue weighted by molar-refractivity contribution is 5.66. The van der Waals surface area contributed by atoms with Gasteiger partial charge in [-0.3, -0.25) is 0 Å². The summed E-state index contributed by atoms with van der Waals surface area (Å²) in [6.45, 7) is -0.625. The van der Waals surface area contributed by atoms with E-state index in [0.29, 0.717) is 0 Å². The molecule has 1 atom stereocenters. The predicted octanol–water partition coefficient (Wildman–Crippen LogP) is 2.87. The van der Waals surface area contributed by atoms with Crippen LogP contribution in [0.3, 0.4) is 0 Å². The second-order valence-electron chi connectivity index (χ2n) is 4.40. The summed E-state index contributed by atoms with van der Waals surface area (Å²) in [5.41, 5.74) is -1.95. The van der Waals surface area contributed by atoms with Crippen molar-refractivity contribution in [3.05, 3.63) is 35.9 Å². The van der Waals surface area contributed by atoms with Gasteiger partial charge < -0.3 is 10.0 Å². The van der Waals surface area contributed by atoms with Crippen LogP contribution in [0.5, 0.6) is 0 Å². The van der Waals surface area contributed by atoms with Crippen LogP contribution in [-0.4, -0.2) is 35.4 Å². The molecule has 0 radical (unpaired) electrons. The molecule has 1 aliphatic heterocycles. The van der Waals surface area contributed by atoms with Crippen molar-refractivity contribution in [3.8, 4) is 0 Å². The van der Waals surface area contributed by atoms with Crippen molar-refractivity contribution >= 4 is 6.09 Å². The highest BCUT2D eigenvalue weighted by atomic mass is 19.4. The Morgan fingerprint density at radius 2 is 1.89 bits per heavy atom. The van der Waals surface area contributed by atoms with E-state index in [-0.39, 0.29) is 18.5 Å². The molecule has 1 aromatic carbocycles. The number of carboxylic acid groups (broad SMARTS) is 1. The molecular weight excluding hydrogens is 247 g/mol. The second kappa shape index (κ2) is 4.19. The fourth-order valence-electron chi connectivity index (χ4n) is 2.36. The van der Waals surface area contributed by atoms with Crippen LogP contribution in [0.4, 0.5) is 18.0 Å². The normalized spacial score (nSPS) is 24.3. The van der Waals surface area contributed by atoms with Gasteiger partial charge in [-0.15, -0.1) is 0 Å². The monoisotopic (exact) mass is 259 g/mol. The van der Waals surface area contributed by atoms with Crippen molar-refractivity contribution in [3.63, 3.8) is 0 Å². The quantitative estimate of drug-likeness (QED) is 0.842. The lowest BCUT2D eigenvalue weighted by molar-refractivity contribution is -0.186. The number of amides is 1. The van der Waals surface area contributed by atoms with Crippen LogP contribution >= 0.6 is 0 Å². The molecule has 0 unspecified atom stereocenters. The number of nitrogens with zero attached hydrogens (tertiary/aromatic N) is 1. The molecule has 18 heavy (non-hydrogen) atoms. The third-order valence-corrected chi connectivity index (χ3v) is 3.41. The fourth-order valence-corrected chi connectivity index (χ4v) is 2.36. The number of hydrogen-bond donors (Lipinski definition) is 1. The Hall–Kier alpha value is -1.72. The van der Waals surface area contributed by atoms with E-state index in [2.05, 4.69) is 0 Å². The van der Waals surface area contributed by atoms with Gasteiger partial charge in [0, 0.05) is 13.1 Å². The Morgan fingerprint density at radius 1 is 1.28 bits per heavy atom. The maximum Gasteiger partial charge on any atom is 0.407 e. The highest BCUT2D eigenvalue weighted by Crippen LogP contribution is 2.47. The van der Waals surface area contributed by atoms with Gasteiger partial charge in [-0.1, -0.05) is 30.3 Å². The highest BCUT2D eigenvalue weighted by Gasteiger charge is 2.59. The van der Waals surface area contributed by atoms with E-state index in [1.807, 2.05) is 0 Å². The van der Waals surface area contributed by atoms with Crippen LogP contribution in [0.2, 0.25) is 0 Å². The number of alkyl halides is 3. The van der Waals surface area contributed by atoms with Gasteiger partial charge in [0.25, 0.3) is 0 Å². The molecule has 1 aliphatic rings. The predicted molar refractivity (Wildman–Crippen MR) is 58.4 cm³/mol. The smallest absolute Gasteiger partial charge is 0.407 e. The molecular formula is C12H12F3NO2. The zero-order valence-electron chi connectivity index (χ0n) is 9.44. The SMILES string of the molecule is O=C(O)N1CC[C@](c2ccccc2)(C(F)(F)F)C1. The van der Waals surface area contributed by atoms with Crippen LogP contribution in [0, 0.1) is 0 Å². The van der Waals surface area contributed by atoms with Crippen molar-refractivity contribution in [2.24, 2.45) is 0 Å². The van der Waals surface area contributed by atoms with Gasteiger partial charge >= 0.3 is 12.3 Å². The lowest BCUT2D eigenvalue weighted by Crippen LogP contribution is -2.45. The first kappa shape index (κ1) is 12.7. The standard InChI is InChI=1S/C12H12F3NO2/c13-12(14,15)11(9-4-2-1-3-5-9)6-7-16(8-11)10(17)18/h1-5H,6-8H2,(H,17,18)/t11-/m0/s1. The summed E-state index contributed by atoms with van der Waals surface area (Å²) < 4.78 is 40.0. The minimum atomic E-state index is -4.46. The zero-order chi connectivity index (χ0) is 13.4. The summed E-state index contributed by atoms with van der Waals surface area (Å²) in [6.07, 6.45) is -6.00. The second-order valence-corrected chi connectivity index (χ2v) is 4.40. The Kier molecular flexibility index (Phi) is 2.96. The summed E-state index contributed by atoms with van der Waals surface area (Å²) >= 11 is 0. The van der Waals surface area contributed by atoms with Crippen molar-refractivity contribution in [1.82, 2.24) is 4.90 Å². The third-order valence-electron chi connectivity index (χ3n) is 3.41. The molecule has 1 aromatic rings. The Labute approximate surface area is 102 Å². The first-order valence-electron chi connectivity index (χ1n) is 5.47. The van der Waals surface area contributed by atoms with Gasteiger partial charge in [-0.2, -0.15) is 13.2 Å². The summed E-state index contributed by atoms with van der Waals surface area (Å²) in [7, 11) is 0. The molecule has 98 valence electrons. The molecule has 0 spiro atoms. The molecule has 1 amide bonds. The zero-order valence-corrected chi connectivity index (χ0v) is 9.44. The summed E-state index contributed by atoms with van der Waals surface area (Å²) in [6, 6.07) is 7.51. The average Bonchev–Trinajstić information content (AvgIpc) is 2.75. The molecule has 1 saturated heterocycles. The number of likely N-dealkylation sites (tertiary alicyclic amines) is 1. The minimum absolute atomic E-state index is 0.0935. The maximum absolute atomic E-state index is 13.3. The molecule has 0 saturated carbocycles.